The molecule has 0 radical (unpaired) electrons. The van der Waals surface area contributed by atoms with Gasteiger partial charge in [-0.15, -0.1) is 0 Å². The molecule has 0 spiro atoms. The van der Waals surface area contributed by atoms with Gasteiger partial charge in [0.15, 0.2) is 0 Å². The van der Waals surface area contributed by atoms with Gasteiger partial charge >= 0.3 is 0 Å². The van der Waals surface area contributed by atoms with Crippen molar-refractivity contribution in [2.75, 3.05) is 26.7 Å². The van der Waals surface area contributed by atoms with Crippen molar-refractivity contribution in [1.29, 1.82) is 0 Å². The van der Waals surface area contributed by atoms with E-state index in [2.05, 4.69) is 29.6 Å². The Bertz CT molecular complexity index is 677. The normalized spacial score (nSPS) is 16.0. The second-order valence-corrected chi connectivity index (χ2v) is 6.79. The van der Waals surface area contributed by atoms with Crippen molar-refractivity contribution in [1.82, 2.24) is 10.2 Å². The molecule has 4 heteroatoms. The van der Waals surface area contributed by atoms with Crippen LogP contribution in [0.3, 0.4) is 0 Å². The van der Waals surface area contributed by atoms with E-state index >= 15 is 0 Å². The number of likely N-dealkylation sites (tertiary alicyclic amines) is 1. The van der Waals surface area contributed by atoms with Gasteiger partial charge in [-0.1, -0.05) is 55.3 Å². The van der Waals surface area contributed by atoms with Gasteiger partial charge in [0.05, 0.1) is 19.7 Å². The summed E-state index contributed by atoms with van der Waals surface area (Å²) in [6.07, 6.45) is 4.70. The quantitative estimate of drug-likeness (QED) is 0.860. The molecule has 1 heterocycles. The predicted molar refractivity (Wildman–Crippen MR) is 104 cm³/mol. The molecule has 3 rings (SSSR count). The first-order valence-electron chi connectivity index (χ1n) is 9.48. The summed E-state index contributed by atoms with van der Waals surface area (Å²) in [7, 11) is 1.67. The zero-order valence-electron chi connectivity index (χ0n) is 15.5. The maximum absolute atomic E-state index is 12.7. The van der Waals surface area contributed by atoms with E-state index in [9.17, 15) is 4.79 Å². The SMILES string of the molecule is COc1ccc(C(NCC(=O)N2CCCCCC2)c2ccccc2)cc1. The highest BCUT2D eigenvalue weighted by Crippen LogP contribution is 2.24. The molecule has 1 atom stereocenters. The van der Waals surface area contributed by atoms with E-state index in [0.29, 0.717) is 6.54 Å². The Morgan fingerprint density at radius 2 is 1.58 bits per heavy atom. The van der Waals surface area contributed by atoms with Gasteiger partial charge in [0.1, 0.15) is 5.75 Å². The second-order valence-electron chi connectivity index (χ2n) is 6.79. The summed E-state index contributed by atoms with van der Waals surface area (Å²) in [4.78, 5) is 14.7. The third kappa shape index (κ3) is 4.85. The van der Waals surface area contributed by atoms with E-state index in [1.54, 1.807) is 7.11 Å². The van der Waals surface area contributed by atoms with E-state index in [1.165, 1.54) is 12.8 Å². The molecule has 2 aromatic carbocycles. The van der Waals surface area contributed by atoms with E-state index in [-0.39, 0.29) is 11.9 Å². The van der Waals surface area contributed by atoms with Crippen LogP contribution in [-0.4, -0.2) is 37.6 Å². The van der Waals surface area contributed by atoms with E-state index in [4.69, 9.17) is 4.74 Å². The Morgan fingerprint density at radius 3 is 2.19 bits per heavy atom. The molecule has 0 bridgehead atoms. The number of carbonyl (C=O) groups is 1. The van der Waals surface area contributed by atoms with Gasteiger partial charge in [-0.25, -0.2) is 0 Å². The Kier molecular flexibility index (Phi) is 6.67. The van der Waals surface area contributed by atoms with Gasteiger partial charge in [-0.05, 0) is 36.1 Å². The Morgan fingerprint density at radius 1 is 0.962 bits per heavy atom. The molecule has 26 heavy (non-hydrogen) atoms. The van der Waals surface area contributed by atoms with Crippen molar-refractivity contribution in [2.24, 2.45) is 0 Å². The highest BCUT2D eigenvalue weighted by molar-refractivity contribution is 5.78. The van der Waals surface area contributed by atoms with Gasteiger partial charge < -0.3 is 9.64 Å². The van der Waals surface area contributed by atoms with Gasteiger partial charge in [0, 0.05) is 13.1 Å². The molecule has 0 aromatic heterocycles. The Labute approximate surface area is 156 Å². The molecular formula is C22H28N2O2. The maximum Gasteiger partial charge on any atom is 0.236 e. The lowest BCUT2D eigenvalue weighted by atomic mass is 9.98. The van der Waals surface area contributed by atoms with Crippen LogP contribution in [0.5, 0.6) is 5.75 Å². The smallest absolute Gasteiger partial charge is 0.236 e. The standard InChI is InChI=1S/C22H28N2O2/c1-26-20-13-11-19(12-14-20)22(18-9-5-4-6-10-18)23-17-21(25)24-15-7-2-3-8-16-24/h4-6,9-14,22-23H,2-3,7-8,15-17H2,1H3. The minimum atomic E-state index is -0.0157. The molecule has 1 aliphatic rings. The van der Waals surface area contributed by atoms with E-state index in [1.807, 2.05) is 35.2 Å². The zero-order chi connectivity index (χ0) is 18.2. The first-order chi connectivity index (χ1) is 12.8. The summed E-state index contributed by atoms with van der Waals surface area (Å²) in [5.41, 5.74) is 2.28. The van der Waals surface area contributed by atoms with Crippen LogP contribution in [0.4, 0.5) is 0 Å². The van der Waals surface area contributed by atoms with E-state index < -0.39 is 0 Å². The van der Waals surface area contributed by atoms with Crippen molar-refractivity contribution >= 4 is 5.91 Å². The topological polar surface area (TPSA) is 41.6 Å². The van der Waals surface area contributed by atoms with Crippen LogP contribution in [0.15, 0.2) is 54.6 Å². The lowest BCUT2D eigenvalue weighted by Gasteiger charge is -2.24. The van der Waals surface area contributed by atoms with E-state index in [0.717, 1.165) is 42.8 Å². The summed E-state index contributed by atoms with van der Waals surface area (Å²) in [5, 5.41) is 3.48. The molecule has 4 nitrogen and oxygen atoms in total. The molecule has 1 aliphatic heterocycles. The van der Waals surface area contributed by atoms with Gasteiger partial charge in [0.2, 0.25) is 5.91 Å². The summed E-state index contributed by atoms with van der Waals surface area (Å²) >= 11 is 0. The number of benzene rings is 2. The van der Waals surface area contributed by atoms with Crippen molar-refractivity contribution in [3.8, 4) is 5.75 Å². The maximum atomic E-state index is 12.7. The number of carbonyl (C=O) groups excluding carboxylic acids is 1. The lowest BCUT2D eigenvalue weighted by molar-refractivity contribution is -0.130. The molecule has 1 fully saturated rings. The number of hydrogen-bond donors (Lipinski definition) is 1. The molecule has 1 amide bonds. The van der Waals surface area contributed by atoms with Crippen LogP contribution in [0, 0.1) is 0 Å². The minimum absolute atomic E-state index is 0.0157. The number of ether oxygens (including phenoxy) is 1. The van der Waals surface area contributed by atoms with Crippen molar-refractivity contribution in [3.63, 3.8) is 0 Å². The molecule has 1 saturated heterocycles. The van der Waals surface area contributed by atoms with Crippen LogP contribution in [0.1, 0.15) is 42.9 Å². The van der Waals surface area contributed by atoms with Gasteiger partial charge in [-0.3, -0.25) is 10.1 Å². The van der Waals surface area contributed by atoms with Crippen LogP contribution in [0.25, 0.3) is 0 Å². The predicted octanol–water partition coefficient (Wildman–Crippen LogP) is 3.78. The average molecular weight is 352 g/mol. The summed E-state index contributed by atoms with van der Waals surface area (Å²) in [5.74, 6) is 1.03. The summed E-state index contributed by atoms with van der Waals surface area (Å²) in [6, 6.07) is 18.3. The van der Waals surface area contributed by atoms with Crippen LogP contribution < -0.4 is 10.1 Å². The van der Waals surface area contributed by atoms with Gasteiger partial charge in [-0.2, -0.15) is 0 Å². The molecule has 0 aliphatic carbocycles. The van der Waals surface area contributed by atoms with Crippen molar-refractivity contribution < 1.29 is 9.53 Å². The zero-order valence-corrected chi connectivity index (χ0v) is 15.5. The van der Waals surface area contributed by atoms with Crippen LogP contribution in [-0.2, 0) is 4.79 Å². The average Bonchev–Trinajstić information content (AvgIpc) is 2.99. The number of hydrogen-bond acceptors (Lipinski definition) is 3. The summed E-state index contributed by atoms with van der Waals surface area (Å²) in [6.45, 7) is 2.13. The minimum Gasteiger partial charge on any atom is -0.497 e. The molecule has 0 saturated carbocycles. The van der Waals surface area contributed by atoms with Crippen molar-refractivity contribution in [3.05, 3.63) is 65.7 Å². The largest absolute Gasteiger partial charge is 0.497 e. The highest BCUT2D eigenvalue weighted by atomic mass is 16.5. The third-order valence-corrected chi connectivity index (χ3v) is 5.00. The molecule has 1 N–H and O–H groups in total. The molecule has 1 unspecified atom stereocenters. The highest BCUT2D eigenvalue weighted by Gasteiger charge is 2.19. The first-order valence-corrected chi connectivity index (χ1v) is 9.48. The number of amides is 1. The number of nitrogens with zero attached hydrogens (tertiary/aromatic N) is 1. The van der Waals surface area contributed by atoms with Gasteiger partial charge in [0.25, 0.3) is 0 Å². The molecule has 2 aromatic rings. The Hall–Kier alpha value is -2.33. The van der Waals surface area contributed by atoms with Crippen molar-refractivity contribution in [2.45, 2.75) is 31.7 Å². The molecular weight excluding hydrogens is 324 g/mol. The van der Waals surface area contributed by atoms with Crippen LogP contribution >= 0.6 is 0 Å². The third-order valence-electron chi connectivity index (χ3n) is 5.00. The first kappa shape index (κ1) is 18.5. The number of methoxy groups -OCH3 is 1. The fraction of sp³-hybridized carbons (Fsp3) is 0.409. The second kappa shape index (κ2) is 9.39. The van der Waals surface area contributed by atoms with Crippen LogP contribution in [0.2, 0.25) is 0 Å². The monoisotopic (exact) mass is 352 g/mol. The lowest BCUT2D eigenvalue weighted by Crippen LogP contribution is -2.40. The fourth-order valence-electron chi connectivity index (χ4n) is 3.49. The number of nitrogens with one attached hydrogen (secondary N) is 1. The summed E-state index contributed by atoms with van der Waals surface area (Å²) < 4.78 is 5.26. The fourth-order valence-corrected chi connectivity index (χ4v) is 3.49. The number of rotatable bonds is 6. The molecule has 138 valence electrons. The Balaban J connectivity index is 1.72.